The second-order valence-corrected chi connectivity index (χ2v) is 8.63. The van der Waals surface area contributed by atoms with Crippen LogP contribution in [0.3, 0.4) is 0 Å². The summed E-state index contributed by atoms with van der Waals surface area (Å²) in [5, 5.41) is 5.31. The van der Waals surface area contributed by atoms with Gasteiger partial charge in [-0.1, -0.05) is 36.4 Å². The van der Waals surface area contributed by atoms with Crippen LogP contribution in [0.4, 0.5) is 11.4 Å². The number of hydrogen-bond acceptors (Lipinski definition) is 2. The van der Waals surface area contributed by atoms with Crippen molar-refractivity contribution in [2.24, 2.45) is 0 Å². The molecule has 2 nitrogen and oxygen atoms in total. The van der Waals surface area contributed by atoms with Gasteiger partial charge in [0.25, 0.3) is 0 Å². The van der Waals surface area contributed by atoms with Crippen molar-refractivity contribution in [2.45, 2.75) is 6.42 Å². The quantitative estimate of drug-likeness (QED) is 0.138. The molecular formula is C34H36Cl2N2SiZr-4. The first-order valence-electron chi connectivity index (χ1n) is 12.3. The summed E-state index contributed by atoms with van der Waals surface area (Å²) in [6.07, 6.45) is 10.0. The van der Waals surface area contributed by atoms with Crippen molar-refractivity contribution in [3.63, 3.8) is 0 Å². The van der Waals surface area contributed by atoms with Crippen LogP contribution in [0.25, 0.3) is 21.5 Å². The van der Waals surface area contributed by atoms with E-state index in [0.717, 1.165) is 6.42 Å². The van der Waals surface area contributed by atoms with E-state index in [2.05, 4.69) is 112 Å². The number of anilines is 2. The molecule has 1 aliphatic carbocycles. The van der Waals surface area contributed by atoms with Crippen molar-refractivity contribution >= 4 is 64.6 Å². The number of rotatable bonds is 2. The Morgan fingerprint density at radius 2 is 1.10 bits per heavy atom. The van der Waals surface area contributed by atoms with Crippen molar-refractivity contribution in [1.29, 1.82) is 0 Å². The van der Waals surface area contributed by atoms with Crippen molar-refractivity contribution in [3.05, 3.63) is 140 Å². The van der Waals surface area contributed by atoms with Gasteiger partial charge in [0.1, 0.15) is 0 Å². The Morgan fingerprint density at radius 3 is 1.32 bits per heavy atom. The van der Waals surface area contributed by atoms with Gasteiger partial charge in [-0.25, -0.2) is 12.2 Å². The Balaban J connectivity index is 0.000000594. The minimum atomic E-state index is 0. The van der Waals surface area contributed by atoms with E-state index in [0.29, 0.717) is 0 Å². The molecule has 0 spiro atoms. The summed E-state index contributed by atoms with van der Waals surface area (Å²) in [7, 11) is 8.31. The van der Waals surface area contributed by atoms with Gasteiger partial charge >= 0.3 is 30.2 Å². The largest absolute Gasteiger partial charge is 0.184 e. The molecule has 208 valence electrons. The fourth-order valence-electron chi connectivity index (χ4n) is 3.58. The first-order valence-corrected chi connectivity index (χ1v) is 16.5. The zero-order valence-electron chi connectivity index (χ0n) is 23.5. The monoisotopic (exact) mass is 660 g/mol. The molecule has 6 rings (SSSR count). The van der Waals surface area contributed by atoms with Gasteiger partial charge < -0.3 is 9.80 Å². The number of nitrogens with zero attached hydrogens (tertiary/aromatic N) is 2. The van der Waals surface area contributed by atoms with Crippen LogP contribution in [0.15, 0.2) is 121 Å². The van der Waals surface area contributed by atoms with Crippen molar-refractivity contribution in [1.82, 2.24) is 0 Å². The van der Waals surface area contributed by atoms with Gasteiger partial charge in [-0.2, -0.15) is 78.9 Å². The van der Waals surface area contributed by atoms with Crippen molar-refractivity contribution in [3.8, 4) is 0 Å². The Labute approximate surface area is 270 Å². The second kappa shape index (κ2) is 22.2. The van der Waals surface area contributed by atoms with Crippen LogP contribution in [0.5, 0.6) is 0 Å². The van der Waals surface area contributed by atoms with Gasteiger partial charge in [0.15, 0.2) is 0 Å². The molecule has 2 radical (unpaired) electrons. The molecule has 0 saturated carbocycles. The van der Waals surface area contributed by atoms with Gasteiger partial charge in [0.05, 0.1) is 0 Å². The molecule has 0 fully saturated rings. The van der Waals surface area contributed by atoms with Crippen LogP contribution < -0.4 is 9.80 Å². The normalized spacial score (nSPS) is 9.97. The first kappa shape index (κ1) is 37.5. The molecule has 6 heteroatoms. The summed E-state index contributed by atoms with van der Waals surface area (Å²) in [5.41, 5.74) is 2.49. The first-order chi connectivity index (χ1) is 18.6. The third-order valence-corrected chi connectivity index (χ3v) is 5.50. The van der Waals surface area contributed by atoms with Crippen LogP contribution >= 0.6 is 24.8 Å². The smallest absolute Gasteiger partial charge is 0.171 e. The third-order valence-electron chi connectivity index (χ3n) is 5.50. The topological polar surface area (TPSA) is 6.48 Å². The number of allylic oxidation sites excluding steroid dienone is 4. The Morgan fingerprint density at radius 1 is 0.675 bits per heavy atom. The molecule has 5 aromatic rings. The van der Waals surface area contributed by atoms with Crippen LogP contribution in [0.1, 0.15) is 6.42 Å². The summed E-state index contributed by atoms with van der Waals surface area (Å²) in [6.45, 7) is 3.06. The molecule has 0 bridgehead atoms. The summed E-state index contributed by atoms with van der Waals surface area (Å²) >= 11 is 1.36. The van der Waals surface area contributed by atoms with E-state index in [9.17, 15) is 0 Å². The van der Waals surface area contributed by atoms with Crippen LogP contribution in [0.2, 0.25) is 0 Å². The molecule has 0 atom stereocenters. The molecule has 0 aliphatic heterocycles. The van der Waals surface area contributed by atoms with Crippen LogP contribution in [-0.4, -0.2) is 35.1 Å². The van der Waals surface area contributed by atoms with Gasteiger partial charge in [0.2, 0.25) is 0 Å². The number of fused-ring (bicyclic) bond motifs is 3. The fraction of sp³-hybridized carbons (Fsp3) is 0.147. The molecule has 0 amide bonds. The average Bonchev–Trinajstić information content (AvgIpc) is 3.68. The molecule has 0 unspecified atom stereocenters. The summed E-state index contributed by atoms with van der Waals surface area (Å²) in [6, 6.07) is 40.6. The Kier molecular flexibility index (Phi) is 20.8. The van der Waals surface area contributed by atoms with Gasteiger partial charge in [0, 0.05) is 39.6 Å². The molecule has 0 N–H and O–H groups in total. The SMILES string of the molecule is CN(C)c1ccc2c(c1)[cH-]c1cc(N(C)C)ccc12.Cl.Cl.[C-]1=CC=CC1.[Si]=[Zr].[c-]1ccccc1.[c-]1ccccc1. The van der Waals surface area contributed by atoms with E-state index in [-0.39, 0.29) is 24.8 Å². The van der Waals surface area contributed by atoms with Crippen molar-refractivity contribution < 1.29 is 23.3 Å². The number of hydrogen-bond donors (Lipinski definition) is 0. The van der Waals surface area contributed by atoms with Gasteiger partial charge in [-0.3, -0.25) is 6.08 Å². The molecule has 0 heterocycles. The Hall–Kier alpha value is -2.49. The minimum absolute atomic E-state index is 0. The maximum atomic E-state index is 3.06. The maximum Gasteiger partial charge on any atom is -0.171 e. The maximum absolute atomic E-state index is 3.06. The summed E-state index contributed by atoms with van der Waals surface area (Å²) in [4.78, 5) is 4.28. The van der Waals surface area contributed by atoms with Crippen LogP contribution in [0, 0.1) is 18.2 Å². The summed E-state index contributed by atoms with van der Waals surface area (Å²) < 4.78 is 0. The standard InChI is InChI=1S/C17H19N2.2C6H5.C5H5.2ClH.Si.Zr/c1-18(2)14-5-7-16-12(10-14)9-13-11-15(19(3)4)6-8-17(13)16;2*1-2-4-6-5-3-1;1-2-4-5-3-1;;;;/h5-11H,1-4H3;2*1-5H;1-3H,4H2;2*1H;;/q4*-1;;;;. The van der Waals surface area contributed by atoms with Crippen LogP contribution in [-0.2, 0) is 23.3 Å². The van der Waals surface area contributed by atoms with Gasteiger partial charge in [-0.15, -0.1) is 58.8 Å². The number of benzene rings is 4. The number of halogens is 2. The molecule has 1 aliphatic rings. The second-order valence-electron chi connectivity index (χ2n) is 8.63. The van der Waals surface area contributed by atoms with Crippen molar-refractivity contribution in [2.75, 3.05) is 38.0 Å². The zero-order valence-corrected chi connectivity index (χ0v) is 28.6. The molecular weight excluding hydrogens is 627 g/mol. The van der Waals surface area contributed by atoms with E-state index in [1.54, 1.807) is 0 Å². The van der Waals surface area contributed by atoms with E-state index in [1.165, 1.54) is 56.3 Å². The predicted molar refractivity (Wildman–Crippen MR) is 178 cm³/mol. The third kappa shape index (κ3) is 13.2. The minimum Gasteiger partial charge on any atom is -0.184 e. The van der Waals surface area contributed by atoms with E-state index in [4.69, 9.17) is 0 Å². The van der Waals surface area contributed by atoms with Gasteiger partial charge in [-0.05, 0) is 0 Å². The molecule has 40 heavy (non-hydrogen) atoms. The average molecular weight is 663 g/mol. The Bertz CT molecular complexity index is 1230. The molecule has 0 aromatic heterocycles. The predicted octanol–water partition coefficient (Wildman–Crippen LogP) is 8.58. The summed E-state index contributed by atoms with van der Waals surface area (Å²) in [5.74, 6) is 0. The fourth-order valence-corrected chi connectivity index (χ4v) is 3.58. The molecule has 5 aromatic carbocycles. The van der Waals surface area contributed by atoms with E-state index < -0.39 is 0 Å². The van der Waals surface area contributed by atoms with E-state index in [1.807, 2.05) is 72.8 Å². The zero-order chi connectivity index (χ0) is 27.6. The molecule has 0 saturated heterocycles. The van der Waals surface area contributed by atoms with E-state index >= 15 is 0 Å².